The number of halogens is 1. The molecule has 144 valence electrons. The Bertz CT molecular complexity index is 971. The van der Waals surface area contributed by atoms with Crippen molar-refractivity contribution in [2.24, 2.45) is 0 Å². The van der Waals surface area contributed by atoms with Gasteiger partial charge < -0.3 is 10.6 Å². The number of hydrogen-bond donors (Lipinski definition) is 2. The number of benzene rings is 2. The zero-order valence-corrected chi connectivity index (χ0v) is 16.2. The lowest BCUT2D eigenvalue weighted by Gasteiger charge is -2.10. The van der Waals surface area contributed by atoms with Crippen molar-refractivity contribution in [3.63, 3.8) is 0 Å². The number of nitrogens with one attached hydrogen (secondary N) is 2. The van der Waals surface area contributed by atoms with Gasteiger partial charge in [0, 0.05) is 23.5 Å². The Morgan fingerprint density at radius 2 is 1.79 bits per heavy atom. The minimum Gasteiger partial charge on any atom is -0.350 e. The third kappa shape index (κ3) is 4.91. The summed E-state index contributed by atoms with van der Waals surface area (Å²) < 4.78 is 13.8. The number of hydrogen-bond acceptors (Lipinski definition) is 4. The lowest BCUT2D eigenvalue weighted by Crippen LogP contribution is -2.16. The van der Waals surface area contributed by atoms with Crippen LogP contribution in [-0.2, 0) is 6.54 Å². The molecule has 2 N–H and O–H groups in total. The number of nitrogens with zero attached hydrogens (tertiary/aromatic N) is 2. The van der Waals surface area contributed by atoms with Crippen LogP contribution in [0, 0.1) is 12.7 Å². The van der Waals surface area contributed by atoms with E-state index >= 15 is 0 Å². The van der Waals surface area contributed by atoms with Gasteiger partial charge in [0.25, 0.3) is 5.91 Å². The molecule has 1 aromatic heterocycles. The molecule has 0 saturated carbocycles. The summed E-state index contributed by atoms with van der Waals surface area (Å²) in [5.41, 5.74) is 3.30. The van der Waals surface area contributed by atoms with Gasteiger partial charge in [-0.05, 0) is 42.7 Å². The van der Waals surface area contributed by atoms with E-state index in [0.29, 0.717) is 22.9 Å². The van der Waals surface area contributed by atoms with Crippen LogP contribution in [0.1, 0.15) is 47.1 Å². The minimum absolute atomic E-state index is 0.230. The molecule has 0 unspecified atom stereocenters. The van der Waals surface area contributed by atoms with Crippen LogP contribution < -0.4 is 10.6 Å². The Kier molecular flexibility index (Phi) is 5.99. The molecule has 28 heavy (non-hydrogen) atoms. The summed E-state index contributed by atoms with van der Waals surface area (Å²) in [4.78, 5) is 21.1. The third-order valence-electron chi connectivity index (χ3n) is 4.32. The summed E-state index contributed by atoms with van der Waals surface area (Å²) >= 11 is 0. The van der Waals surface area contributed by atoms with E-state index in [-0.39, 0.29) is 29.9 Å². The highest BCUT2D eigenvalue weighted by Crippen LogP contribution is 2.18. The second kappa shape index (κ2) is 8.61. The maximum atomic E-state index is 13.8. The fraction of sp³-hybridized carbons (Fsp3) is 0.227. The Morgan fingerprint density at radius 1 is 1.07 bits per heavy atom. The highest BCUT2D eigenvalue weighted by atomic mass is 19.1. The Hall–Kier alpha value is -3.28. The largest absolute Gasteiger partial charge is 0.350 e. The molecule has 0 fully saturated rings. The first kappa shape index (κ1) is 19.5. The Labute approximate surface area is 164 Å². The molecule has 0 aliphatic heterocycles. The zero-order valence-electron chi connectivity index (χ0n) is 16.2. The van der Waals surface area contributed by atoms with Gasteiger partial charge in [-0.1, -0.05) is 44.2 Å². The van der Waals surface area contributed by atoms with E-state index in [1.807, 2.05) is 24.3 Å². The smallest absolute Gasteiger partial charge is 0.274 e. The van der Waals surface area contributed by atoms with Crippen molar-refractivity contribution >= 4 is 17.5 Å². The van der Waals surface area contributed by atoms with Gasteiger partial charge in [0.15, 0.2) is 0 Å². The predicted molar refractivity (Wildman–Crippen MR) is 109 cm³/mol. The summed E-state index contributed by atoms with van der Waals surface area (Å²) in [6, 6.07) is 15.8. The van der Waals surface area contributed by atoms with E-state index in [0.717, 1.165) is 0 Å². The minimum atomic E-state index is -0.322. The summed E-state index contributed by atoms with van der Waals surface area (Å²) in [5, 5.41) is 5.82. The number of aromatic nitrogens is 2. The first-order valence-electron chi connectivity index (χ1n) is 9.16. The van der Waals surface area contributed by atoms with E-state index in [9.17, 15) is 9.18 Å². The van der Waals surface area contributed by atoms with E-state index in [1.165, 1.54) is 11.6 Å². The molecule has 0 bridgehead atoms. The molecule has 2 aromatic carbocycles. The van der Waals surface area contributed by atoms with Crippen LogP contribution in [0.2, 0.25) is 0 Å². The molecule has 0 aliphatic rings. The summed E-state index contributed by atoms with van der Waals surface area (Å²) in [6.45, 7) is 6.25. The van der Waals surface area contributed by atoms with Crippen molar-refractivity contribution in [3.05, 3.63) is 82.9 Å². The standard InChI is InChI=1S/C22H23FN4O/c1-14(2)16-8-10-18(11-9-16)26-21(28)20-12-15(3)25-22(27-20)24-13-17-6-4-5-7-19(17)23/h4-12,14H,13H2,1-3H3,(H,26,28)(H,24,25,27). The third-order valence-corrected chi connectivity index (χ3v) is 4.32. The van der Waals surface area contributed by atoms with Crippen molar-refractivity contribution in [3.8, 4) is 0 Å². The van der Waals surface area contributed by atoms with Gasteiger partial charge in [0.05, 0.1) is 0 Å². The van der Waals surface area contributed by atoms with Crippen LogP contribution in [0.15, 0.2) is 54.6 Å². The van der Waals surface area contributed by atoms with Crippen LogP contribution in [-0.4, -0.2) is 15.9 Å². The summed E-state index contributed by atoms with van der Waals surface area (Å²) in [7, 11) is 0. The molecule has 0 spiro atoms. The maximum absolute atomic E-state index is 13.8. The monoisotopic (exact) mass is 378 g/mol. The lowest BCUT2D eigenvalue weighted by atomic mass is 10.0. The van der Waals surface area contributed by atoms with Gasteiger partial charge in [-0.3, -0.25) is 4.79 Å². The molecule has 1 heterocycles. The molecule has 0 atom stereocenters. The van der Waals surface area contributed by atoms with Crippen LogP contribution in [0.25, 0.3) is 0 Å². The molecular weight excluding hydrogens is 355 g/mol. The molecule has 0 radical (unpaired) electrons. The average molecular weight is 378 g/mol. The molecule has 5 nitrogen and oxygen atoms in total. The SMILES string of the molecule is Cc1cc(C(=O)Nc2ccc(C(C)C)cc2)nc(NCc2ccccc2F)n1. The highest BCUT2D eigenvalue weighted by molar-refractivity contribution is 6.03. The number of carbonyl (C=O) groups excluding carboxylic acids is 1. The molecule has 0 aliphatic carbocycles. The molecule has 3 rings (SSSR count). The van der Waals surface area contributed by atoms with Crippen molar-refractivity contribution < 1.29 is 9.18 Å². The fourth-order valence-corrected chi connectivity index (χ4v) is 2.73. The van der Waals surface area contributed by atoms with Crippen molar-refractivity contribution in [2.45, 2.75) is 33.2 Å². The van der Waals surface area contributed by atoms with Crippen LogP contribution >= 0.6 is 0 Å². The second-order valence-corrected chi connectivity index (χ2v) is 6.89. The zero-order chi connectivity index (χ0) is 20.1. The lowest BCUT2D eigenvalue weighted by molar-refractivity contribution is 0.102. The predicted octanol–water partition coefficient (Wildman–Crippen LogP) is 4.91. The number of rotatable bonds is 6. The van der Waals surface area contributed by atoms with E-state index in [4.69, 9.17) is 0 Å². The molecular formula is C22H23FN4O. The molecule has 0 saturated heterocycles. The average Bonchev–Trinajstić information content (AvgIpc) is 2.67. The van der Waals surface area contributed by atoms with E-state index in [1.54, 1.807) is 31.2 Å². The van der Waals surface area contributed by atoms with Crippen molar-refractivity contribution in [2.75, 3.05) is 10.6 Å². The maximum Gasteiger partial charge on any atom is 0.274 e. The molecule has 3 aromatic rings. The van der Waals surface area contributed by atoms with Crippen LogP contribution in [0.5, 0.6) is 0 Å². The quantitative estimate of drug-likeness (QED) is 0.639. The van der Waals surface area contributed by atoms with E-state index < -0.39 is 0 Å². The number of amides is 1. The second-order valence-electron chi connectivity index (χ2n) is 6.89. The van der Waals surface area contributed by atoms with E-state index in [2.05, 4.69) is 34.4 Å². The van der Waals surface area contributed by atoms with Crippen LogP contribution in [0.4, 0.5) is 16.0 Å². The Balaban J connectivity index is 1.71. The first-order chi connectivity index (χ1) is 13.4. The number of carbonyl (C=O) groups is 1. The number of anilines is 2. The van der Waals surface area contributed by atoms with Crippen LogP contribution in [0.3, 0.4) is 0 Å². The number of aryl methyl sites for hydroxylation is 1. The summed E-state index contributed by atoms with van der Waals surface area (Å²) in [5.74, 6) is 0.0862. The molecule has 6 heteroatoms. The fourth-order valence-electron chi connectivity index (χ4n) is 2.73. The highest BCUT2D eigenvalue weighted by Gasteiger charge is 2.12. The van der Waals surface area contributed by atoms with Gasteiger partial charge in [-0.25, -0.2) is 14.4 Å². The van der Waals surface area contributed by atoms with Gasteiger partial charge in [0.1, 0.15) is 11.5 Å². The van der Waals surface area contributed by atoms with Gasteiger partial charge >= 0.3 is 0 Å². The molecule has 1 amide bonds. The van der Waals surface area contributed by atoms with Gasteiger partial charge in [-0.15, -0.1) is 0 Å². The summed E-state index contributed by atoms with van der Waals surface area (Å²) in [6.07, 6.45) is 0. The van der Waals surface area contributed by atoms with Crippen molar-refractivity contribution in [1.82, 2.24) is 9.97 Å². The normalized spacial score (nSPS) is 10.8. The van der Waals surface area contributed by atoms with Gasteiger partial charge in [-0.2, -0.15) is 0 Å². The topological polar surface area (TPSA) is 66.9 Å². The van der Waals surface area contributed by atoms with Crippen molar-refractivity contribution in [1.29, 1.82) is 0 Å². The van der Waals surface area contributed by atoms with Gasteiger partial charge in [0.2, 0.25) is 5.95 Å². The Morgan fingerprint density at radius 3 is 2.46 bits per heavy atom. The first-order valence-corrected chi connectivity index (χ1v) is 9.16.